The Kier molecular flexibility index (Phi) is 10.8. The fourth-order valence-corrected chi connectivity index (χ4v) is 9.80. The highest BCUT2D eigenvalue weighted by Crippen LogP contribution is 2.68. The summed E-state index contributed by atoms with van der Waals surface area (Å²) >= 11 is 0. The molecule has 0 radical (unpaired) electrons. The van der Waals surface area contributed by atoms with Gasteiger partial charge >= 0.3 is 5.97 Å². The summed E-state index contributed by atoms with van der Waals surface area (Å²) in [6.45, 7) is 23.8. The van der Waals surface area contributed by atoms with Crippen LogP contribution in [-0.4, -0.2) is 77.7 Å². The summed E-state index contributed by atoms with van der Waals surface area (Å²) in [6, 6.07) is 0.902. The summed E-state index contributed by atoms with van der Waals surface area (Å²) in [5, 5.41) is 0. The minimum Gasteiger partial charge on any atom is -0.495 e. The van der Waals surface area contributed by atoms with Gasteiger partial charge in [-0.1, -0.05) is 35.5 Å². The minimum absolute atomic E-state index is 0.0465. The molecule has 1 saturated heterocycles. The number of allylic oxidation sites excluding steroid dienone is 4. The first-order valence-electron chi connectivity index (χ1n) is 19.9. The first-order chi connectivity index (χ1) is 25.8. The molecule has 5 atom stereocenters. The zero-order chi connectivity index (χ0) is 40.4. The fraction of sp³-hybridized carbons (Fsp3) is 0.587. The molecule has 7 rings (SSSR count). The van der Waals surface area contributed by atoms with E-state index < -0.39 is 34.3 Å². The molecule has 0 amide bonds. The smallest absolute Gasteiger partial charge is 0.333 e. The number of nitrogens with zero attached hydrogens (tertiary/aromatic N) is 1. The van der Waals surface area contributed by atoms with E-state index in [1.165, 1.54) is 12.7 Å². The molecule has 2 fully saturated rings. The normalized spacial score (nSPS) is 28.8. The van der Waals surface area contributed by atoms with Crippen molar-refractivity contribution in [3.63, 3.8) is 0 Å². The van der Waals surface area contributed by atoms with E-state index in [0.717, 1.165) is 30.5 Å². The van der Waals surface area contributed by atoms with Crippen LogP contribution >= 0.6 is 0 Å². The third-order valence-electron chi connectivity index (χ3n) is 12.5. The van der Waals surface area contributed by atoms with Crippen molar-refractivity contribution in [1.29, 1.82) is 0 Å². The van der Waals surface area contributed by atoms with E-state index >= 15 is 4.79 Å². The van der Waals surface area contributed by atoms with Crippen molar-refractivity contribution in [3.8, 4) is 17.2 Å². The summed E-state index contributed by atoms with van der Waals surface area (Å²) in [5.41, 5.74) is 0.496. The number of methoxy groups -OCH3 is 2. The molecule has 3 aliphatic carbocycles. The Balaban J connectivity index is 1.48. The van der Waals surface area contributed by atoms with Gasteiger partial charge in [0.25, 0.3) is 0 Å². The number of ketones is 2. The second kappa shape index (κ2) is 14.5. The van der Waals surface area contributed by atoms with Crippen molar-refractivity contribution >= 4 is 23.6 Å². The van der Waals surface area contributed by atoms with Crippen LogP contribution in [-0.2, 0) is 25.5 Å². The number of hydrogen-bond donors (Lipinski definition) is 0. The van der Waals surface area contributed by atoms with Gasteiger partial charge in [-0.3, -0.25) is 14.5 Å². The molecule has 0 N–H and O–H groups in total. The third kappa shape index (κ3) is 6.53. The molecule has 55 heavy (non-hydrogen) atoms. The summed E-state index contributed by atoms with van der Waals surface area (Å²) in [7, 11) is 2.89. The van der Waals surface area contributed by atoms with Gasteiger partial charge in [0.05, 0.1) is 25.4 Å². The molecule has 3 heterocycles. The number of rotatable bonds is 13. The Hall–Kier alpha value is -3.95. The van der Waals surface area contributed by atoms with Crippen molar-refractivity contribution in [2.75, 3.05) is 20.8 Å². The maximum absolute atomic E-state index is 15.2. The summed E-state index contributed by atoms with van der Waals surface area (Å²) in [4.78, 5) is 44.8. The lowest BCUT2D eigenvalue weighted by Crippen LogP contribution is -2.72. The van der Waals surface area contributed by atoms with E-state index in [2.05, 4.69) is 64.7 Å². The molecule has 1 spiro atoms. The zero-order valence-electron chi connectivity index (χ0n) is 35.2. The second-order valence-corrected chi connectivity index (χ2v) is 17.8. The van der Waals surface area contributed by atoms with Gasteiger partial charge in [0, 0.05) is 53.6 Å². The maximum atomic E-state index is 15.2. The molecule has 1 aromatic carbocycles. The standard InChI is InChI=1S/C46H61NO8/c1-26(2)16-17-32-38-33(19-21-44(11,53-38)20-14-15-29(7)25-47(27(3)4)28(5)6)39(51-12)36-37(48)34-23-31-24-35-43(9,10)55-45(41(31)49,46(34,35)54-40(32)36)22-18-30(8)42(50)52-13/h15-16,18-19,21,23,27-28,31,35H,14,17,20,22,24-25H2,1-13H3/b29-15+,30-18-/t31-,35+,44-,45?,46-/m1/s1. The van der Waals surface area contributed by atoms with E-state index in [9.17, 15) is 9.59 Å². The van der Waals surface area contributed by atoms with E-state index in [1.54, 1.807) is 26.2 Å². The summed E-state index contributed by atoms with van der Waals surface area (Å²) < 4.78 is 32.4. The number of Topliss-reactive ketones (excluding diaryl/α,β-unsaturated/α-hetero) is 2. The van der Waals surface area contributed by atoms with E-state index in [-0.39, 0.29) is 23.9 Å². The number of benzene rings is 1. The lowest BCUT2D eigenvalue weighted by atomic mass is 9.51. The number of fused-ring (bicyclic) bond motifs is 2. The van der Waals surface area contributed by atoms with Crippen molar-refractivity contribution < 1.29 is 38.1 Å². The molecular formula is C46H61NO8. The number of ether oxygens (including phenoxy) is 5. The Morgan fingerprint density at radius 3 is 2.29 bits per heavy atom. The molecule has 298 valence electrons. The van der Waals surface area contributed by atoms with E-state index in [4.69, 9.17) is 23.7 Å². The monoisotopic (exact) mass is 755 g/mol. The predicted molar refractivity (Wildman–Crippen MR) is 215 cm³/mol. The van der Waals surface area contributed by atoms with Gasteiger partial charge in [-0.05, 0) is 114 Å². The highest BCUT2D eigenvalue weighted by atomic mass is 16.6. The van der Waals surface area contributed by atoms with Gasteiger partial charge in [0.1, 0.15) is 28.4 Å². The van der Waals surface area contributed by atoms with E-state index in [0.29, 0.717) is 64.4 Å². The number of esters is 1. The van der Waals surface area contributed by atoms with Crippen molar-refractivity contribution in [2.45, 2.75) is 143 Å². The lowest BCUT2D eigenvalue weighted by Gasteiger charge is -2.56. The van der Waals surface area contributed by atoms with Crippen LogP contribution in [0.1, 0.15) is 123 Å². The second-order valence-electron chi connectivity index (χ2n) is 17.8. The lowest BCUT2D eigenvalue weighted by molar-refractivity contribution is -0.171. The highest BCUT2D eigenvalue weighted by molar-refractivity contribution is 6.19. The van der Waals surface area contributed by atoms with Gasteiger partial charge < -0.3 is 23.7 Å². The molecule has 1 saturated carbocycles. The maximum Gasteiger partial charge on any atom is 0.333 e. The van der Waals surface area contributed by atoms with Crippen LogP contribution < -0.4 is 14.2 Å². The third-order valence-corrected chi connectivity index (χ3v) is 12.5. The summed E-state index contributed by atoms with van der Waals surface area (Å²) in [6.07, 6.45) is 14.5. The first-order valence-corrected chi connectivity index (χ1v) is 19.9. The van der Waals surface area contributed by atoms with E-state index in [1.807, 2.05) is 33.8 Å². The van der Waals surface area contributed by atoms with Gasteiger partial charge in [-0.15, -0.1) is 0 Å². The Bertz CT molecular complexity index is 1930. The average molecular weight is 756 g/mol. The minimum atomic E-state index is -1.55. The Labute approximate surface area is 327 Å². The molecule has 9 heteroatoms. The SMILES string of the molecule is COC(=O)/C(C)=C\CC12OC(C)(C)[C@@H]3C[C@@H](C=C4C(=O)c5c(OC)c6c(c(CC=C(C)C)c5O[C@]431)O[C@](C)(CC/C=C(\C)CN(C(C)C)C(C)C)C=C6)C2=O. The van der Waals surface area contributed by atoms with Gasteiger partial charge in [-0.2, -0.15) is 0 Å². The summed E-state index contributed by atoms with van der Waals surface area (Å²) in [5.74, 6) is -0.362. The highest BCUT2D eigenvalue weighted by Gasteiger charge is 2.81. The van der Waals surface area contributed by atoms with Gasteiger partial charge in [-0.25, -0.2) is 4.79 Å². The first kappa shape index (κ1) is 40.7. The quantitative estimate of drug-likeness (QED) is 0.111. The number of carbonyl (C=O) groups is 3. The van der Waals surface area contributed by atoms with Crippen LogP contribution in [0.15, 0.2) is 52.7 Å². The average Bonchev–Trinajstić information content (AvgIpc) is 3.27. The van der Waals surface area contributed by atoms with Crippen LogP contribution in [0.25, 0.3) is 6.08 Å². The van der Waals surface area contributed by atoms with Crippen LogP contribution in [0.2, 0.25) is 0 Å². The van der Waals surface area contributed by atoms with Crippen LogP contribution in [0.3, 0.4) is 0 Å². The van der Waals surface area contributed by atoms with Crippen LogP contribution in [0.4, 0.5) is 0 Å². The zero-order valence-corrected chi connectivity index (χ0v) is 35.2. The van der Waals surface area contributed by atoms with Gasteiger partial charge in [0.2, 0.25) is 0 Å². The molecule has 6 aliphatic rings. The molecule has 0 aromatic heterocycles. The topological polar surface area (TPSA) is 101 Å². The van der Waals surface area contributed by atoms with Crippen molar-refractivity contribution in [1.82, 2.24) is 4.90 Å². The van der Waals surface area contributed by atoms with Gasteiger partial charge in [0.15, 0.2) is 22.8 Å². The molecule has 9 nitrogen and oxygen atoms in total. The molecule has 1 aromatic rings. The number of hydrogen-bond acceptors (Lipinski definition) is 9. The van der Waals surface area contributed by atoms with Crippen LogP contribution in [0.5, 0.6) is 17.2 Å². The van der Waals surface area contributed by atoms with Crippen molar-refractivity contribution in [3.05, 3.63) is 69.4 Å². The molecule has 1 unspecified atom stereocenters. The molecular weight excluding hydrogens is 695 g/mol. The van der Waals surface area contributed by atoms with Crippen LogP contribution in [0, 0.1) is 11.8 Å². The fourth-order valence-electron chi connectivity index (χ4n) is 9.80. The Morgan fingerprint density at radius 2 is 1.67 bits per heavy atom. The molecule has 4 bridgehead atoms. The van der Waals surface area contributed by atoms with Crippen molar-refractivity contribution in [2.24, 2.45) is 11.8 Å². The molecule has 3 aliphatic heterocycles. The number of carbonyl (C=O) groups excluding carboxylic acids is 3. The largest absolute Gasteiger partial charge is 0.495 e. The Morgan fingerprint density at radius 1 is 0.982 bits per heavy atom. The predicted octanol–water partition coefficient (Wildman–Crippen LogP) is 8.73.